The van der Waals surface area contributed by atoms with Crippen LogP contribution in [0.15, 0.2) is 16.6 Å². The molecule has 1 spiro atoms. The number of anilines is 1. The van der Waals surface area contributed by atoms with Crippen LogP contribution in [-0.4, -0.2) is 11.8 Å². The number of benzene rings is 1. The van der Waals surface area contributed by atoms with Crippen LogP contribution in [0.5, 0.6) is 0 Å². The van der Waals surface area contributed by atoms with Gasteiger partial charge < -0.3 is 0 Å². The standard InChI is InChI=1S/C17H20BrNO2/c1-11-7-13(18)8-12(2)16(11)19-14(20)9-17(10-15(19)21)5-3-4-6-17/h7-8H,3-6,9-10H2,1-2H3. The summed E-state index contributed by atoms with van der Waals surface area (Å²) in [6, 6.07) is 3.92. The Morgan fingerprint density at radius 3 is 1.95 bits per heavy atom. The molecule has 0 N–H and O–H groups in total. The fourth-order valence-corrected chi connectivity index (χ4v) is 4.67. The highest BCUT2D eigenvalue weighted by Crippen LogP contribution is 2.48. The Balaban J connectivity index is 1.97. The van der Waals surface area contributed by atoms with Crippen molar-refractivity contribution >= 4 is 33.4 Å². The normalized spacial score (nSPS) is 21.4. The van der Waals surface area contributed by atoms with E-state index >= 15 is 0 Å². The maximum absolute atomic E-state index is 12.6. The summed E-state index contributed by atoms with van der Waals surface area (Å²) in [5.41, 5.74) is 2.67. The lowest BCUT2D eigenvalue weighted by molar-refractivity contribution is -0.133. The highest BCUT2D eigenvalue weighted by Gasteiger charge is 2.46. The molecule has 3 rings (SSSR count). The van der Waals surface area contributed by atoms with Gasteiger partial charge in [-0.05, 0) is 55.4 Å². The zero-order valence-corrected chi connectivity index (χ0v) is 14.1. The molecule has 0 bridgehead atoms. The predicted molar refractivity (Wildman–Crippen MR) is 86.2 cm³/mol. The summed E-state index contributed by atoms with van der Waals surface area (Å²) >= 11 is 3.46. The Kier molecular flexibility index (Phi) is 3.68. The van der Waals surface area contributed by atoms with Crippen LogP contribution < -0.4 is 4.90 Å². The quantitative estimate of drug-likeness (QED) is 0.709. The second kappa shape index (κ2) is 5.24. The van der Waals surface area contributed by atoms with Gasteiger partial charge in [-0.15, -0.1) is 0 Å². The number of rotatable bonds is 1. The number of carbonyl (C=O) groups excluding carboxylic acids is 2. The Morgan fingerprint density at radius 2 is 1.48 bits per heavy atom. The zero-order valence-electron chi connectivity index (χ0n) is 12.5. The second-order valence-corrected chi connectivity index (χ2v) is 7.49. The number of piperidine rings is 1. The summed E-state index contributed by atoms with van der Waals surface area (Å²) < 4.78 is 0.977. The lowest BCUT2D eigenvalue weighted by Crippen LogP contribution is -2.48. The molecule has 1 aromatic carbocycles. The summed E-state index contributed by atoms with van der Waals surface area (Å²) in [7, 11) is 0. The van der Waals surface area contributed by atoms with Gasteiger partial charge in [0.1, 0.15) is 0 Å². The van der Waals surface area contributed by atoms with Gasteiger partial charge in [-0.25, -0.2) is 0 Å². The minimum atomic E-state index is -0.0398. The highest BCUT2D eigenvalue weighted by atomic mass is 79.9. The third-order valence-electron chi connectivity index (χ3n) is 4.89. The summed E-state index contributed by atoms with van der Waals surface area (Å²) in [5, 5.41) is 0. The molecule has 1 heterocycles. The number of nitrogens with zero attached hydrogens (tertiary/aromatic N) is 1. The zero-order chi connectivity index (χ0) is 15.2. The molecule has 1 aliphatic heterocycles. The SMILES string of the molecule is Cc1cc(Br)cc(C)c1N1C(=O)CC2(CCCC2)CC1=O. The molecule has 2 fully saturated rings. The molecule has 0 aromatic heterocycles. The van der Waals surface area contributed by atoms with E-state index in [9.17, 15) is 9.59 Å². The van der Waals surface area contributed by atoms with Crippen molar-refractivity contribution in [1.29, 1.82) is 0 Å². The van der Waals surface area contributed by atoms with E-state index in [1.165, 1.54) is 4.90 Å². The van der Waals surface area contributed by atoms with E-state index in [2.05, 4.69) is 15.9 Å². The largest absolute Gasteiger partial charge is 0.274 e. The Bertz CT molecular complexity index is 574. The number of imide groups is 1. The van der Waals surface area contributed by atoms with Gasteiger partial charge in [-0.3, -0.25) is 14.5 Å². The van der Waals surface area contributed by atoms with E-state index in [4.69, 9.17) is 0 Å². The average molecular weight is 350 g/mol. The Hall–Kier alpha value is -1.16. The second-order valence-electron chi connectivity index (χ2n) is 6.57. The van der Waals surface area contributed by atoms with Crippen molar-refractivity contribution in [2.45, 2.75) is 52.4 Å². The van der Waals surface area contributed by atoms with Crippen molar-refractivity contribution in [2.24, 2.45) is 5.41 Å². The molecule has 1 aliphatic carbocycles. The van der Waals surface area contributed by atoms with Crippen LogP contribution in [0.2, 0.25) is 0 Å². The molecule has 0 atom stereocenters. The van der Waals surface area contributed by atoms with Crippen molar-refractivity contribution in [1.82, 2.24) is 0 Å². The third-order valence-corrected chi connectivity index (χ3v) is 5.35. The first-order chi connectivity index (χ1) is 9.92. The van der Waals surface area contributed by atoms with Crippen LogP contribution in [0.25, 0.3) is 0 Å². The van der Waals surface area contributed by atoms with Gasteiger partial charge in [0.05, 0.1) is 5.69 Å². The van der Waals surface area contributed by atoms with Gasteiger partial charge in [0.25, 0.3) is 0 Å². The number of hydrogen-bond acceptors (Lipinski definition) is 2. The van der Waals surface area contributed by atoms with Crippen molar-refractivity contribution < 1.29 is 9.59 Å². The number of halogens is 1. The molecule has 0 unspecified atom stereocenters. The van der Waals surface area contributed by atoms with Crippen molar-refractivity contribution in [2.75, 3.05) is 4.90 Å². The third kappa shape index (κ3) is 2.54. The molecule has 112 valence electrons. The van der Waals surface area contributed by atoms with Crippen molar-refractivity contribution in [3.63, 3.8) is 0 Å². The molecule has 3 nitrogen and oxygen atoms in total. The van der Waals surface area contributed by atoms with Gasteiger partial charge in [0.15, 0.2) is 0 Å². The predicted octanol–water partition coefficient (Wildman–Crippen LogP) is 4.28. The van der Waals surface area contributed by atoms with E-state index in [0.717, 1.165) is 47.0 Å². The van der Waals surface area contributed by atoms with Crippen molar-refractivity contribution in [3.8, 4) is 0 Å². The number of carbonyl (C=O) groups is 2. The maximum atomic E-state index is 12.6. The van der Waals surface area contributed by atoms with Gasteiger partial charge >= 0.3 is 0 Å². The monoisotopic (exact) mass is 349 g/mol. The van der Waals surface area contributed by atoms with Gasteiger partial charge in [0, 0.05) is 17.3 Å². The minimum Gasteiger partial charge on any atom is -0.274 e. The van der Waals surface area contributed by atoms with Gasteiger partial charge in [0.2, 0.25) is 11.8 Å². The van der Waals surface area contributed by atoms with Crippen LogP contribution >= 0.6 is 15.9 Å². The summed E-state index contributed by atoms with van der Waals surface area (Å²) in [6.07, 6.45) is 5.39. The topological polar surface area (TPSA) is 37.4 Å². The molecule has 1 saturated heterocycles. The van der Waals surface area contributed by atoms with Crippen LogP contribution in [-0.2, 0) is 9.59 Å². The molecular weight excluding hydrogens is 330 g/mol. The molecule has 1 saturated carbocycles. The molecular formula is C17H20BrNO2. The van der Waals surface area contributed by atoms with Gasteiger partial charge in [-0.2, -0.15) is 0 Å². The maximum Gasteiger partial charge on any atom is 0.234 e. The van der Waals surface area contributed by atoms with E-state index in [1.54, 1.807) is 0 Å². The number of hydrogen-bond donors (Lipinski definition) is 0. The molecule has 1 aromatic rings. The Labute approximate surface area is 133 Å². The fourth-order valence-electron chi connectivity index (χ4n) is 3.99. The van der Waals surface area contributed by atoms with Crippen LogP contribution in [0.4, 0.5) is 5.69 Å². The number of amides is 2. The molecule has 4 heteroatoms. The molecule has 0 radical (unpaired) electrons. The van der Waals surface area contributed by atoms with Crippen LogP contribution in [0, 0.1) is 19.3 Å². The Morgan fingerprint density at radius 1 is 1.00 bits per heavy atom. The fraction of sp³-hybridized carbons (Fsp3) is 0.529. The molecule has 21 heavy (non-hydrogen) atoms. The smallest absolute Gasteiger partial charge is 0.234 e. The van der Waals surface area contributed by atoms with Crippen LogP contribution in [0.3, 0.4) is 0 Å². The van der Waals surface area contributed by atoms with E-state index in [-0.39, 0.29) is 17.2 Å². The van der Waals surface area contributed by atoms with E-state index < -0.39 is 0 Å². The summed E-state index contributed by atoms with van der Waals surface area (Å²) in [5.74, 6) is -0.0525. The first-order valence-electron chi connectivity index (χ1n) is 7.54. The first kappa shape index (κ1) is 14.8. The summed E-state index contributed by atoms with van der Waals surface area (Å²) in [4.78, 5) is 26.7. The van der Waals surface area contributed by atoms with E-state index in [1.807, 2.05) is 26.0 Å². The molecule has 2 amide bonds. The lowest BCUT2D eigenvalue weighted by atomic mass is 9.76. The number of aryl methyl sites for hydroxylation is 2. The lowest BCUT2D eigenvalue weighted by Gasteiger charge is -2.38. The first-order valence-corrected chi connectivity index (χ1v) is 8.34. The van der Waals surface area contributed by atoms with E-state index in [0.29, 0.717) is 12.8 Å². The highest BCUT2D eigenvalue weighted by molar-refractivity contribution is 9.10. The van der Waals surface area contributed by atoms with Crippen molar-refractivity contribution in [3.05, 3.63) is 27.7 Å². The minimum absolute atomic E-state index is 0.0262. The van der Waals surface area contributed by atoms with Gasteiger partial charge in [-0.1, -0.05) is 28.8 Å². The molecule has 2 aliphatic rings. The average Bonchev–Trinajstić information content (AvgIpc) is 2.79. The summed E-state index contributed by atoms with van der Waals surface area (Å²) in [6.45, 7) is 3.90. The van der Waals surface area contributed by atoms with Crippen LogP contribution in [0.1, 0.15) is 49.7 Å².